The van der Waals surface area contributed by atoms with Gasteiger partial charge < -0.3 is 16.0 Å². The summed E-state index contributed by atoms with van der Waals surface area (Å²) >= 11 is 0. The maximum atomic E-state index is 11.6. The molecule has 118 valence electrons. The van der Waals surface area contributed by atoms with E-state index < -0.39 is 0 Å². The van der Waals surface area contributed by atoms with Gasteiger partial charge in [0.1, 0.15) is 0 Å². The van der Waals surface area contributed by atoms with Gasteiger partial charge in [-0.15, -0.1) is 12.4 Å². The molecule has 3 N–H and O–H groups in total. The zero-order chi connectivity index (χ0) is 15.0. The second-order valence-corrected chi connectivity index (χ2v) is 5.62. The Morgan fingerprint density at radius 3 is 2.24 bits per heavy atom. The molecule has 2 amide bonds. The third kappa shape index (κ3) is 9.73. The molecule has 6 heteroatoms. The first kappa shape index (κ1) is 19.2. The fraction of sp³-hybridized carbons (Fsp3) is 0.467. The first-order valence-corrected chi connectivity index (χ1v) is 6.73. The fourth-order valence-corrected chi connectivity index (χ4v) is 1.60. The summed E-state index contributed by atoms with van der Waals surface area (Å²) in [4.78, 5) is 23.1. The Morgan fingerprint density at radius 2 is 1.67 bits per heavy atom. The summed E-state index contributed by atoms with van der Waals surface area (Å²) in [6.07, 6.45) is 0.286. The highest BCUT2D eigenvalue weighted by Crippen LogP contribution is 2.03. The normalized spacial score (nSPS) is 10.2. The van der Waals surface area contributed by atoms with Gasteiger partial charge in [0.05, 0.1) is 6.54 Å². The summed E-state index contributed by atoms with van der Waals surface area (Å²) in [6.45, 7) is 6.32. The van der Waals surface area contributed by atoms with Crippen LogP contribution in [0.15, 0.2) is 30.3 Å². The number of amides is 2. The van der Waals surface area contributed by atoms with Crippen LogP contribution >= 0.6 is 12.4 Å². The van der Waals surface area contributed by atoms with Gasteiger partial charge in [0.25, 0.3) is 0 Å². The van der Waals surface area contributed by atoms with Crippen LogP contribution in [0.5, 0.6) is 0 Å². The number of anilines is 1. The van der Waals surface area contributed by atoms with Crippen LogP contribution in [0.2, 0.25) is 0 Å². The highest BCUT2D eigenvalue weighted by atomic mass is 35.5. The zero-order valence-corrected chi connectivity index (χ0v) is 13.5. The Labute approximate surface area is 132 Å². The minimum absolute atomic E-state index is 0. The number of hydrogen-bond donors (Lipinski definition) is 3. The Balaban J connectivity index is 0.00000400. The van der Waals surface area contributed by atoms with Crippen LogP contribution in [0.3, 0.4) is 0 Å². The Kier molecular flexibility index (Phi) is 8.47. The molecule has 0 spiro atoms. The molecule has 0 heterocycles. The van der Waals surface area contributed by atoms with Crippen LogP contribution in [0.1, 0.15) is 27.2 Å². The molecule has 0 unspecified atom stereocenters. The maximum absolute atomic E-state index is 11.6. The Bertz CT molecular complexity index is 444. The molecule has 0 bridgehead atoms. The topological polar surface area (TPSA) is 70.2 Å². The summed E-state index contributed by atoms with van der Waals surface area (Å²) in [5, 5.41) is 8.56. The van der Waals surface area contributed by atoms with E-state index in [2.05, 4.69) is 16.0 Å². The lowest BCUT2D eigenvalue weighted by atomic mass is 10.1. The predicted molar refractivity (Wildman–Crippen MR) is 87.7 cm³/mol. The number of benzene rings is 1. The number of para-hydroxylation sites is 1. The van der Waals surface area contributed by atoms with Crippen LogP contribution in [0, 0.1) is 0 Å². The van der Waals surface area contributed by atoms with Crippen molar-refractivity contribution in [1.29, 1.82) is 0 Å². The molecule has 0 radical (unpaired) electrons. The number of hydrogen-bond acceptors (Lipinski definition) is 3. The molecule has 0 aliphatic heterocycles. The first-order valence-electron chi connectivity index (χ1n) is 6.73. The molecule has 0 fully saturated rings. The Hall–Kier alpha value is -1.75. The van der Waals surface area contributed by atoms with Crippen molar-refractivity contribution in [3.8, 4) is 0 Å². The molecular weight excluding hydrogens is 290 g/mol. The molecule has 1 rings (SSSR count). The maximum Gasteiger partial charge on any atom is 0.239 e. The summed E-state index contributed by atoms with van der Waals surface area (Å²) < 4.78 is 0. The molecule has 1 aromatic rings. The number of rotatable bonds is 6. The van der Waals surface area contributed by atoms with Gasteiger partial charge in [0.2, 0.25) is 11.8 Å². The molecule has 5 nitrogen and oxygen atoms in total. The van der Waals surface area contributed by atoms with Gasteiger partial charge in [-0.25, -0.2) is 0 Å². The van der Waals surface area contributed by atoms with Gasteiger partial charge in [-0.05, 0) is 32.9 Å². The van der Waals surface area contributed by atoms with Crippen molar-refractivity contribution in [3.63, 3.8) is 0 Å². The van der Waals surface area contributed by atoms with Crippen molar-refractivity contribution in [2.75, 3.05) is 18.4 Å². The van der Waals surface area contributed by atoms with Gasteiger partial charge in [0, 0.05) is 24.2 Å². The average Bonchev–Trinajstić information content (AvgIpc) is 2.35. The van der Waals surface area contributed by atoms with Gasteiger partial charge in [0.15, 0.2) is 0 Å². The van der Waals surface area contributed by atoms with E-state index in [-0.39, 0.29) is 42.7 Å². The number of carbonyl (C=O) groups excluding carboxylic acids is 2. The second-order valence-electron chi connectivity index (χ2n) is 5.62. The first-order chi connectivity index (χ1) is 9.37. The lowest BCUT2D eigenvalue weighted by Gasteiger charge is -2.20. The summed E-state index contributed by atoms with van der Waals surface area (Å²) in [6, 6.07) is 9.50. The molecule has 0 aromatic heterocycles. The van der Waals surface area contributed by atoms with Gasteiger partial charge in [-0.3, -0.25) is 9.59 Å². The van der Waals surface area contributed by atoms with E-state index in [1.165, 1.54) is 0 Å². The largest absolute Gasteiger partial charge is 0.376 e. The quantitative estimate of drug-likeness (QED) is 0.751. The van der Waals surface area contributed by atoms with Crippen LogP contribution in [-0.4, -0.2) is 30.4 Å². The molecule has 0 saturated carbocycles. The van der Waals surface area contributed by atoms with E-state index in [4.69, 9.17) is 0 Å². The summed E-state index contributed by atoms with van der Waals surface area (Å²) in [5.74, 6) is -0.189. The van der Waals surface area contributed by atoms with E-state index in [9.17, 15) is 9.59 Å². The predicted octanol–water partition coefficient (Wildman–Crippen LogP) is 1.94. The lowest BCUT2D eigenvalue weighted by molar-refractivity contribution is -0.122. The summed E-state index contributed by atoms with van der Waals surface area (Å²) in [5.41, 5.74) is 0.656. The van der Waals surface area contributed by atoms with Crippen LogP contribution in [-0.2, 0) is 9.59 Å². The van der Waals surface area contributed by atoms with Crippen molar-refractivity contribution in [2.45, 2.75) is 32.7 Å². The molecular formula is C15H24ClN3O2. The van der Waals surface area contributed by atoms with E-state index >= 15 is 0 Å². The highest BCUT2D eigenvalue weighted by molar-refractivity contribution is 5.85. The minimum Gasteiger partial charge on any atom is -0.376 e. The SMILES string of the molecule is CC(C)(C)NC(=O)CCNC(=O)CNc1ccccc1.Cl. The van der Waals surface area contributed by atoms with Crippen molar-refractivity contribution in [2.24, 2.45) is 0 Å². The average molecular weight is 314 g/mol. The fourth-order valence-electron chi connectivity index (χ4n) is 1.60. The van der Waals surface area contributed by atoms with Gasteiger partial charge >= 0.3 is 0 Å². The molecule has 1 aromatic carbocycles. The monoisotopic (exact) mass is 313 g/mol. The number of nitrogens with one attached hydrogen (secondary N) is 3. The molecule has 0 aliphatic rings. The standard InChI is InChI=1S/C15H23N3O2.ClH/c1-15(2,3)18-13(19)9-10-16-14(20)11-17-12-7-5-4-6-8-12;/h4-8,17H,9-11H2,1-3H3,(H,16,20)(H,18,19);1H. The zero-order valence-electron chi connectivity index (χ0n) is 12.7. The van der Waals surface area contributed by atoms with Gasteiger partial charge in [-0.2, -0.15) is 0 Å². The summed E-state index contributed by atoms with van der Waals surface area (Å²) in [7, 11) is 0. The van der Waals surface area contributed by atoms with Crippen molar-refractivity contribution < 1.29 is 9.59 Å². The van der Waals surface area contributed by atoms with E-state index in [1.54, 1.807) is 0 Å². The van der Waals surface area contributed by atoms with Crippen LogP contribution < -0.4 is 16.0 Å². The third-order valence-corrected chi connectivity index (χ3v) is 2.42. The smallest absolute Gasteiger partial charge is 0.239 e. The molecule has 0 aliphatic carbocycles. The lowest BCUT2D eigenvalue weighted by Crippen LogP contribution is -2.42. The Morgan fingerprint density at radius 1 is 1.05 bits per heavy atom. The van der Waals surface area contributed by atoms with Crippen molar-refractivity contribution >= 4 is 29.9 Å². The highest BCUT2D eigenvalue weighted by Gasteiger charge is 2.13. The minimum atomic E-state index is -0.240. The molecule has 0 saturated heterocycles. The third-order valence-electron chi connectivity index (χ3n) is 2.42. The van der Waals surface area contributed by atoms with E-state index in [0.29, 0.717) is 6.54 Å². The van der Waals surface area contributed by atoms with Crippen LogP contribution in [0.4, 0.5) is 5.69 Å². The van der Waals surface area contributed by atoms with Crippen LogP contribution in [0.25, 0.3) is 0 Å². The van der Waals surface area contributed by atoms with Crippen molar-refractivity contribution in [1.82, 2.24) is 10.6 Å². The molecule has 0 atom stereocenters. The van der Waals surface area contributed by atoms with Gasteiger partial charge in [-0.1, -0.05) is 18.2 Å². The second kappa shape index (κ2) is 9.23. The molecule has 21 heavy (non-hydrogen) atoms. The number of carbonyl (C=O) groups is 2. The van der Waals surface area contributed by atoms with E-state index in [0.717, 1.165) is 5.69 Å². The number of halogens is 1. The van der Waals surface area contributed by atoms with E-state index in [1.807, 2.05) is 51.1 Å². The van der Waals surface area contributed by atoms with Crippen molar-refractivity contribution in [3.05, 3.63) is 30.3 Å².